The maximum Gasteiger partial charge on any atom is 0.222 e. The van der Waals surface area contributed by atoms with E-state index in [0.717, 1.165) is 23.5 Å². The second kappa shape index (κ2) is 6.89. The van der Waals surface area contributed by atoms with Crippen LogP contribution < -0.4 is 9.47 Å². The van der Waals surface area contributed by atoms with Crippen molar-refractivity contribution in [3.8, 4) is 11.5 Å². The summed E-state index contributed by atoms with van der Waals surface area (Å²) in [6.45, 7) is 2.55. The number of benzene rings is 1. The molecule has 0 saturated carbocycles. The monoisotopic (exact) mass is 251 g/mol. The molecule has 0 saturated heterocycles. The Morgan fingerprint density at radius 1 is 1.28 bits per heavy atom. The first-order valence-corrected chi connectivity index (χ1v) is 6.07. The van der Waals surface area contributed by atoms with E-state index < -0.39 is 0 Å². The molecule has 4 heteroatoms. The van der Waals surface area contributed by atoms with Crippen molar-refractivity contribution >= 4 is 5.91 Å². The summed E-state index contributed by atoms with van der Waals surface area (Å²) < 4.78 is 10.5. The molecule has 0 fully saturated rings. The summed E-state index contributed by atoms with van der Waals surface area (Å²) in [6.07, 6.45) is 1.44. The fourth-order valence-corrected chi connectivity index (χ4v) is 1.73. The Labute approximate surface area is 108 Å². The van der Waals surface area contributed by atoms with Gasteiger partial charge in [0, 0.05) is 31.6 Å². The number of hydrogen-bond acceptors (Lipinski definition) is 3. The topological polar surface area (TPSA) is 38.8 Å². The summed E-state index contributed by atoms with van der Waals surface area (Å²) in [7, 11) is 5.04. The molecular formula is C14H21NO3. The maximum atomic E-state index is 11.7. The summed E-state index contributed by atoms with van der Waals surface area (Å²) in [6, 6.07) is 5.62. The largest absolute Gasteiger partial charge is 0.497 e. The molecule has 1 rings (SSSR count). The average Bonchev–Trinajstić information content (AvgIpc) is 2.39. The van der Waals surface area contributed by atoms with Crippen LogP contribution >= 0.6 is 0 Å². The average molecular weight is 251 g/mol. The summed E-state index contributed by atoms with van der Waals surface area (Å²) in [4.78, 5) is 13.4. The van der Waals surface area contributed by atoms with Crippen molar-refractivity contribution in [3.05, 3.63) is 23.8 Å². The number of carbonyl (C=O) groups is 1. The lowest BCUT2D eigenvalue weighted by molar-refractivity contribution is -0.130. The molecule has 0 bridgehead atoms. The van der Waals surface area contributed by atoms with E-state index in [9.17, 15) is 4.79 Å². The molecule has 0 aromatic heterocycles. The van der Waals surface area contributed by atoms with Crippen molar-refractivity contribution in [1.29, 1.82) is 0 Å². The highest BCUT2D eigenvalue weighted by Crippen LogP contribution is 2.25. The maximum absolute atomic E-state index is 11.7. The molecule has 0 spiro atoms. The Kier molecular flexibility index (Phi) is 5.49. The van der Waals surface area contributed by atoms with Crippen molar-refractivity contribution < 1.29 is 14.3 Å². The summed E-state index contributed by atoms with van der Waals surface area (Å²) in [5.74, 6) is 1.64. The number of ether oxygens (including phenoxy) is 2. The molecular weight excluding hydrogens is 230 g/mol. The van der Waals surface area contributed by atoms with Crippen LogP contribution in [0.5, 0.6) is 11.5 Å². The molecule has 0 aliphatic carbocycles. The summed E-state index contributed by atoms with van der Waals surface area (Å²) in [5, 5.41) is 0. The standard InChI is InChI=1S/C14H21NO3/c1-5-6-14(16)15(2)10-11-7-8-12(17-3)9-13(11)18-4/h7-9H,5-6,10H2,1-4H3. The van der Waals surface area contributed by atoms with E-state index in [4.69, 9.17) is 9.47 Å². The quantitative estimate of drug-likeness (QED) is 0.779. The third-order valence-electron chi connectivity index (χ3n) is 2.79. The number of hydrogen-bond donors (Lipinski definition) is 0. The third kappa shape index (κ3) is 3.65. The highest BCUT2D eigenvalue weighted by atomic mass is 16.5. The van der Waals surface area contributed by atoms with Crippen LogP contribution in [0, 0.1) is 0 Å². The van der Waals surface area contributed by atoms with Gasteiger partial charge in [0.25, 0.3) is 0 Å². The Balaban J connectivity index is 2.80. The Bertz CT molecular complexity index is 404. The SMILES string of the molecule is CCCC(=O)N(C)Cc1ccc(OC)cc1OC. The predicted octanol–water partition coefficient (Wildman–Crippen LogP) is 2.46. The fourth-order valence-electron chi connectivity index (χ4n) is 1.73. The zero-order valence-corrected chi connectivity index (χ0v) is 11.5. The zero-order valence-electron chi connectivity index (χ0n) is 11.5. The Morgan fingerprint density at radius 3 is 2.56 bits per heavy atom. The van der Waals surface area contributed by atoms with Crippen LogP contribution in [0.1, 0.15) is 25.3 Å². The van der Waals surface area contributed by atoms with Crippen LogP contribution in [0.25, 0.3) is 0 Å². The van der Waals surface area contributed by atoms with Gasteiger partial charge in [-0.25, -0.2) is 0 Å². The van der Waals surface area contributed by atoms with Gasteiger partial charge in [0.15, 0.2) is 0 Å². The molecule has 4 nitrogen and oxygen atoms in total. The van der Waals surface area contributed by atoms with Gasteiger partial charge in [-0.05, 0) is 18.6 Å². The van der Waals surface area contributed by atoms with Gasteiger partial charge < -0.3 is 14.4 Å². The van der Waals surface area contributed by atoms with Gasteiger partial charge in [0.2, 0.25) is 5.91 Å². The van der Waals surface area contributed by atoms with Crippen molar-refractivity contribution in [3.63, 3.8) is 0 Å². The lowest BCUT2D eigenvalue weighted by Crippen LogP contribution is -2.25. The normalized spacial score (nSPS) is 10.0. The van der Waals surface area contributed by atoms with Gasteiger partial charge in [-0.15, -0.1) is 0 Å². The predicted molar refractivity (Wildman–Crippen MR) is 70.9 cm³/mol. The minimum atomic E-state index is 0.148. The van der Waals surface area contributed by atoms with Gasteiger partial charge in [-0.3, -0.25) is 4.79 Å². The van der Waals surface area contributed by atoms with Crippen molar-refractivity contribution in [2.75, 3.05) is 21.3 Å². The third-order valence-corrected chi connectivity index (χ3v) is 2.79. The molecule has 0 radical (unpaired) electrons. The summed E-state index contributed by atoms with van der Waals surface area (Å²) in [5.41, 5.74) is 0.977. The molecule has 100 valence electrons. The van der Waals surface area contributed by atoms with Gasteiger partial charge in [-0.2, -0.15) is 0 Å². The van der Waals surface area contributed by atoms with Crippen molar-refractivity contribution in [1.82, 2.24) is 4.90 Å². The highest BCUT2D eigenvalue weighted by molar-refractivity contribution is 5.75. The smallest absolute Gasteiger partial charge is 0.222 e. The van der Waals surface area contributed by atoms with E-state index in [1.54, 1.807) is 19.1 Å². The van der Waals surface area contributed by atoms with E-state index in [1.807, 2.05) is 32.2 Å². The van der Waals surface area contributed by atoms with Crippen LogP contribution in [0.15, 0.2) is 18.2 Å². The fraction of sp³-hybridized carbons (Fsp3) is 0.500. The van der Waals surface area contributed by atoms with Gasteiger partial charge in [-0.1, -0.05) is 6.92 Å². The molecule has 0 N–H and O–H groups in total. The Hall–Kier alpha value is -1.71. The molecule has 1 aromatic rings. The highest BCUT2D eigenvalue weighted by Gasteiger charge is 2.11. The molecule has 0 aliphatic heterocycles. The number of carbonyl (C=O) groups excluding carboxylic acids is 1. The molecule has 0 atom stereocenters. The lowest BCUT2D eigenvalue weighted by atomic mass is 10.1. The first kappa shape index (κ1) is 14.4. The molecule has 0 unspecified atom stereocenters. The van der Waals surface area contributed by atoms with Crippen LogP contribution in [-0.4, -0.2) is 32.1 Å². The first-order valence-electron chi connectivity index (χ1n) is 6.07. The van der Waals surface area contributed by atoms with E-state index in [1.165, 1.54) is 0 Å². The minimum absolute atomic E-state index is 0.148. The number of rotatable bonds is 6. The van der Waals surface area contributed by atoms with Gasteiger partial charge >= 0.3 is 0 Å². The second-order valence-corrected chi connectivity index (χ2v) is 4.18. The van der Waals surface area contributed by atoms with E-state index in [2.05, 4.69) is 0 Å². The van der Waals surface area contributed by atoms with E-state index in [0.29, 0.717) is 13.0 Å². The first-order chi connectivity index (χ1) is 8.62. The minimum Gasteiger partial charge on any atom is -0.497 e. The van der Waals surface area contributed by atoms with Crippen LogP contribution in [0.2, 0.25) is 0 Å². The molecule has 1 aromatic carbocycles. The number of methoxy groups -OCH3 is 2. The van der Waals surface area contributed by atoms with Crippen molar-refractivity contribution in [2.24, 2.45) is 0 Å². The van der Waals surface area contributed by atoms with Gasteiger partial charge in [0.05, 0.1) is 14.2 Å². The second-order valence-electron chi connectivity index (χ2n) is 4.18. The molecule has 18 heavy (non-hydrogen) atoms. The number of amides is 1. The van der Waals surface area contributed by atoms with Crippen LogP contribution in [-0.2, 0) is 11.3 Å². The van der Waals surface area contributed by atoms with E-state index >= 15 is 0 Å². The number of nitrogens with zero attached hydrogens (tertiary/aromatic N) is 1. The van der Waals surface area contributed by atoms with Crippen LogP contribution in [0.3, 0.4) is 0 Å². The van der Waals surface area contributed by atoms with E-state index in [-0.39, 0.29) is 5.91 Å². The zero-order chi connectivity index (χ0) is 13.5. The molecule has 0 heterocycles. The van der Waals surface area contributed by atoms with Gasteiger partial charge in [0.1, 0.15) is 11.5 Å². The lowest BCUT2D eigenvalue weighted by Gasteiger charge is -2.19. The van der Waals surface area contributed by atoms with Crippen LogP contribution in [0.4, 0.5) is 0 Å². The Morgan fingerprint density at radius 2 is 2.00 bits per heavy atom. The molecule has 1 amide bonds. The summed E-state index contributed by atoms with van der Waals surface area (Å²) >= 11 is 0. The molecule has 0 aliphatic rings. The van der Waals surface area contributed by atoms with Crippen molar-refractivity contribution in [2.45, 2.75) is 26.3 Å².